The third-order valence-corrected chi connectivity index (χ3v) is 6.42. The number of likely N-dealkylation sites (tertiary alicyclic amines) is 1. The Morgan fingerprint density at radius 3 is 2.88 bits per heavy atom. The molecule has 2 aliphatic rings. The molecule has 3 heterocycles. The topological polar surface area (TPSA) is 38.8 Å². The maximum atomic E-state index is 12.5. The Morgan fingerprint density at radius 2 is 2.25 bits per heavy atom. The van der Waals surface area contributed by atoms with E-state index in [9.17, 15) is 4.79 Å². The molecule has 134 valence electrons. The van der Waals surface area contributed by atoms with Crippen LogP contribution >= 0.6 is 11.3 Å². The summed E-state index contributed by atoms with van der Waals surface area (Å²) in [7, 11) is 0. The van der Waals surface area contributed by atoms with E-state index in [1.807, 2.05) is 37.0 Å². The normalized spacial score (nSPS) is 27.2. The molecule has 1 aromatic heterocycles. The van der Waals surface area contributed by atoms with E-state index in [0.29, 0.717) is 6.54 Å². The van der Waals surface area contributed by atoms with Gasteiger partial charge in [-0.25, -0.2) is 4.79 Å². The minimum atomic E-state index is -0.454. The summed E-state index contributed by atoms with van der Waals surface area (Å²) in [6.45, 7) is 11.5. The lowest BCUT2D eigenvalue weighted by Crippen LogP contribution is -2.53. The van der Waals surface area contributed by atoms with Crippen LogP contribution in [0.3, 0.4) is 0 Å². The molecular formula is C19H29NO3S. The number of nitrogens with zero attached hydrogens (tertiary/aromatic N) is 1. The fourth-order valence-electron chi connectivity index (χ4n) is 3.79. The maximum Gasteiger partial charge on any atom is 0.410 e. The van der Waals surface area contributed by atoms with Gasteiger partial charge in [-0.15, -0.1) is 11.3 Å². The van der Waals surface area contributed by atoms with Crippen LogP contribution in [-0.2, 0) is 27.9 Å². The van der Waals surface area contributed by atoms with E-state index >= 15 is 0 Å². The van der Waals surface area contributed by atoms with Crippen LogP contribution in [0, 0.1) is 0 Å². The van der Waals surface area contributed by atoms with Gasteiger partial charge < -0.3 is 14.4 Å². The van der Waals surface area contributed by atoms with E-state index in [-0.39, 0.29) is 17.7 Å². The van der Waals surface area contributed by atoms with Gasteiger partial charge in [0.1, 0.15) is 11.2 Å². The number of hydrogen-bond donors (Lipinski definition) is 0. The number of aryl methyl sites for hydroxylation is 1. The van der Waals surface area contributed by atoms with Crippen molar-refractivity contribution < 1.29 is 14.3 Å². The van der Waals surface area contributed by atoms with Crippen LogP contribution in [-0.4, -0.2) is 35.8 Å². The van der Waals surface area contributed by atoms with Crippen molar-refractivity contribution >= 4 is 17.4 Å². The van der Waals surface area contributed by atoms with Crippen molar-refractivity contribution in [2.45, 2.75) is 77.5 Å². The van der Waals surface area contributed by atoms with E-state index < -0.39 is 5.60 Å². The van der Waals surface area contributed by atoms with Crippen molar-refractivity contribution in [2.24, 2.45) is 0 Å². The Balaban J connectivity index is 1.78. The van der Waals surface area contributed by atoms with Gasteiger partial charge in [-0.2, -0.15) is 0 Å². The van der Waals surface area contributed by atoms with Gasteiger partial charge in [-0.05, 0) is 58.6 Å². The first-order chi connectivity index (χ1) is 11.2. The number of thiophene rings is 1. The number of hydrogen-bond acceptors (Lipinski definition) is 4. The van der Waals surface area contributed by atoms with Crippen LogP contribution in [0.1, 0.15) is 62.8 Å². The van der Waals surface area contributed by atoms with Crippen LogP contribution in [0.4, 0.5) is 4.79 Å². The number of fused-ring (bicyclic) bond motifs is 2. The molecule has 0 saturated carbocycles. The average Bonchev–Trinajstić information content (AvgIpc) is 2.90. The lowest BCUT2D eigenvalue weighted by Gasteiger charge is -2.46. The summed E-state index contributed by atoms with van der Waals surface area (Å²) in [5, 5.41) is 0. The first-order valence-electron chi connectivity index (χ1n) is 9.00. The average molecular weight is 352 g/mol. The van der Waals surface area contributed by atoms with Gasteiger partial charge >= 0.3 is 6.09 Å². The highest BCUT2D eigenvalue weighted by atomic mass is 32.1. The van der Waals surface area contributed by atoms with E-state index in [1.54, 1.807) is 0 Å². The first kappa shape index (κ1) is 17.7. The Bertz CT molecular complexity index is 619. The Labute approximate surface area is 149 Å². The molecule has 0 aromatic carbocycles. The van der Waals surface area contributed by atoms with Crippen molar-refractivity contribution in [3.8, 4) is 0 Å². The quantitative estimate of drug-likeness (QED) is 0.748. The second-order valence-corrected chi connectivity index (χ2v) is 9.13. The summed E-state index contributed by atoms with van der Waals surface area (Å²) in [5.74, 6) is 0. The number of ether oxygens (including phenoxy) is 2. The first-order valence-corrected chi connectivity index (χ1v) is 9.81. The molecule has 2 aliphatic heterocycles. The summed E-state index contributed by atoms with van der Waals surface area (Å²) in [6, 6.07) is 2.47. The molecule has 0 radical (unpaired) electrons. The molecule has 2 unspecified atom stereocenters. The van der Waals surface area contributed by atoms with Crippen LogP contribution in [0.15, 0.2) is 6.07 Å². The Morgan fingerprint density at radius 1 is 1.50 bits per heavy atom. The minimum absolute atomic E-state index is 0.117. The van der Waals surface area contributed by atoms with Crippen molar-refractivity contribution in [3.05, 3.63) is 21.4 Å². The van der Waals surface area contributed by atoms with Gasteiger partial charge in [0.05, 0.1) is 6.61 Å². The second-order valence-electron chi connectivity index (χ2n) is 7.99. The van der Waals surface area contributed by atoms with E-state index in [1.165, 1.54) is 15.3 Å². The van der Waals surface area contributed by atoms with E-state index in [4.69, 9.17) is 9.47 Å². The molecule has 24 heavy (non-hydrogen) atoms. The van der Waals surface area contributed by atoms with Gasteiger partial charge in [-0.3, -0.25) is 0 Å². The molecule has 1 aromatic rings. The van der Waals surface area contributed by atoms with E-state index in [0.717, 1.165) is 32.3 Å². The van der Waals surface area contributed by atoms with Crippen LogP contribution in [0.5, 0.6) is 0 Å². The second kappa shape index (κ2) is 6.34. The summed E-state index contributed by atoms with van der Waals surface area (Å²) in [4.78, 5) is 17.2. The Kier molecular flexibility index (Phi) is 4.69. The number of carbonyl (C=O) groups is 1. The zero-order valence-corrected chi connectivity index (χ0v) is 16.3. The van der Waals surface area contributed by atoms with Gasteiger partial charge in [-0.1, -0.05) is 6.92 Å². The summed E-state index contributed by atoms with van der Waals surface area (Å²) in [5.41, 5.74) is 0.800. The maximum absolute atomic E-state index is 12.5. The zero-order valence-electron chi connectivity index (χ0n) is 15.5. The molecule has 2 atom stereocenters. The highest BCUT2D eigenvalue weighted by Crippen LogP contribution is 2.47. The third kappa shape index (κ3) is 3.33. The fraction of sp³-hybridized carbons (Fsp3) is 0.737. The SMILES string of the molecule is CCc1cc2c(s1)C1(CCN(C(=O)OC(C)(C)C)C(C)C1)OCC2. The largest absolute Gasteiger partial charge is 0.444 e. The van der Waals surface area contributed by atoms with Crippen molar-refractivity contribution in [1.82, 2.24) is 4.90 Å². The summed E-state index contributed by atoms with van der Waals surface area (Å²) in [6.07, 6.45) is 3.59. The zero-order chi connectivity index (χ0) is 17.5. The van der Waals surface area contributed by atoms with Crippen LogP contribution in [0.25, 0.3) is 0 Å². The number of amides is 1. The van der Waals surface area contributed by atoms with Crippen molar-refractivity contribution in [2.75, 3.05) is 13.2 Å². The predicted octanol–water partition coefficient (Wildman–Crippen LogP) is 4.50. The van der Waals surface area contributed by atoms with E-state index in [2.05, 4.69) is 19.9 Å². The van der Waals surface area contributed by atoms with Gasteiger partial charge in [0.25, 0.3) is 0 Å². The fourth-order valence-corrected chi connectivity index (χ4v) is 5.12. The van der Waals surface area contributed by atoms with Crippen LogP contribution < -0.4 is 0 Å². The Hall–Kier alpha value is -1.07. The lowest BCUT2D eigenvalue weighted by molar-refractivity contribution is -0.108. The minimum Gasteiger partial charge on any atom is -0.444 e. The number of carbonyl (C=O) groups excluding carboxylic acids is 1. The predicted molar refractivity (Wildman–Crippen MR) is 96.7 cm³/mol. The van der Waals surface area contributed by atoms with Crippen molar-refractivity contribution in [1.29, 1.82) is 0 Å². The monoisotopic (exact) mass is 351 g/mol. The van der Waals surface area contributed by atoms with Crippen LogP contribution in [0.2, 0.25) is 0 Å². The molecule has 4 nitrogen and oxygen atoms in total. The number of rotatable bonds is 1. The molecule has 0 bridgehead atoms. The lowest BCUT2D eigenvalue weighted by atomic mass is 9.82. The van der Waals surface area contributed by atoms with Gasteiger partial charge in [0.15, 0.2) is 0 Å². The van der Waals surface area contributed by atoms with Gasteiger partial charge in [0.2, 0.25) is 0 Å². The molecule has 0 N–H and O–H groups in total. The molecule has 5 heteroatoms. The standard InChI is InChI=1S/C19H29NO3S/c1-6-15-11-14-7-10-22-19(16(14)24-15)8-9-20(13(2)12-19)17(21)23-18(3,4)5/h11,13H,6-10,12H2,1-5H3. The molecular weight excluding hydrogens is 322 g/mol. The molecule has 0 aliphatic carbocycles. The highest BCUT2D eigenvalue weighted by molar-refractivity contribution is 7.12. The van der Waals surface area contributed by atoms with Crippen molar-refractivity contribution in [3.63, 3.8) is 0 Å². The molecule has 1 saturated heterocycles. The summed E-state index contributed by atoms with van der Waals surface area (Å²) >= 11 is 1.90. The third-order valence-electron chi connectivity index (χ3n) is 4.91. The smallest absolute Gasteiger partial charge is 0.410 e. The van der Waals surface area contributed by atoms with Gasteiger partial charge in [0, 0.05) is 28.8 Å². The highest BCUT2D eigenvalue weighted by Gasteiger charge is 2.46. The summed E-state index contributed by atoms with van der Waals surface area (Å²) < 4.78 is 11.9. The number of piperidine rings is 1. The molecule has 1 amide bonds. The molecule has 1 spiro atoms. The molecule has 1 fully saturated rings. The molecule has 3 rings (SSSR count).